The van der Waals surface area contributed by atoms with Crippen LogP contribution >= 0.6 is 0 Å². The average Bonchev–Trinajstić information content (AvgIpc) is 2.04. The van der Waals surface area contributed by atoms with E-state index in [-0.39, 0.29) is 11.2 Å². The van der Waals surface area contributed by atoms with Gasteiger partial charge in [-0.05, 0) is 17.7 Å². The molecule has 0 spiro atoms. The molecule has 0 saturated heterocycles. The van der Waals surface area contributed by atoms with Crippen LogP contribution in [0.25, 0.3) is 0 Å². The molecule has 0 aliphatic heterocycles. The first-order chi connectivity index (χ1) is 6.06. The molecule has 1 rings (SSSR count). The molecule has 0 amide bonds. The Kier molecular flexibility index (Phi) is 2.90. The van der Waals surface area contributed by atoms with E-state index in [0.717, 1.165) is 5.56 Å². The lowest BCUT2D eigenvalue weighted by Gasteiger charge is -2.23. The number of benzene rings is 1. The first-order valence-corrected chi connectivity index (χ1v) is 4.17. The van der Waals surface area contributed by atoms with Crippen LogP contribution in [0.15, 0.2) is 24.3 Å². The van der Waals surface area contributed by atoms with Crippen LogP contribution in [-0.4, -0.2) is 11.7 Å². The molecule has 1 aromatic carbocycles. The van der Waals surface area contributed by atoms with Crippen LogP contribution in [-0.2, 0) is 10.3 Å². The number of nitrogens with two attached hydrogens (primary N) is 1. The molecule has 0 radical (unpaired) electrons. The Bertz CT molecular complexity index is 284. The van der Waals surface area contributed by atoms with Crippen LogP contribution in [0.1, 0.15) is 19.4 Å². The van der Waals surface area contributed by atoms with Gasteiger partial charge in [-0.25, -0.2) is 5.90 Å². The highest BCUT2D eigenvalue weighted by molar-refractivity contribution is 5.32. The fraction of sp³-hybridized carbons (Fsp3) is 0.400. The first-order valence-electron chi connectivity index (χ1n) is 4.17. The summed E-state index contributed by atoms with van der Waals surface area (Å²) >= 11 is 0. The van der Waals surface area contributed by atoms with Crippen molar-refractivity contribution < 1.29 is 9.94 Å². The second-order valence-corrected chi connectivity index (χ2v) is 3.75. The Morgan fingerprint density at radius 2 is 2.15 bits per heavy atom. The minimum Gasteiger partial charge on any atom is -0.508 e. The zero-order valence-corrected chi connectivity index (χ0v) is 7.95. The molecule has 0 aromatic heterocycles. The predicted molar refractivity (Wildman–Crippen MR) is 51.3 cm³/mol. The van der Waals surface area contributed by atoms with Gasteiger partial charge in [0.05, 0.1) is 6.61 Å². The number of phenolic OH excluding ortho intramolecular Hbond substituents is 1. The molecule has 13 heavy (non-hydrogen) atoms. The second kappa shape index (κ2) is 3.77. The van der Waals surface area contributed by atoms with Gasteiger partial charge in [-0.15, -0.1) is 0 Å². The fourth-order valence-electron chi connectivity index (χ4n) is 1.22. The number of aromatic hydroxyl groups is 1. The predicted octanol–water partition coefficient (Wildman–Crippen LogP) is 1.56. The van der Waals surface area contributed by atoms with Crippen LogP contribution in [0.4, 0.5) is 0 Å². The van der Waals surface area contributed by atoms with Crippen molar-refractivity contribution in [3.63, 3.8) is 0 Å². The van der Waals surface area contributed by atoms with E-state index in [2.05, 4.69) is 4.84 Å². The highest BCUT2D eigenvalue weighted by Gasteiger charge is 2.20. The van der Waals surface area contributed by atoms with Crippen LogP contribution in [0.3, 0.4) is 0 Å². The minimum absolute atomic E-state index is 0.173. The summed E-state index contributed by atoms with van der Waals surface area (Å²) in [7, 11) is 0. The molecule has 0 fully saturated rings. The van der Waals surface area contributed by atoms with Gasteiger partial charge in [-0.1, -0.05) is 26.0 Å². The third kappa shape index (κ3) is 2.44. The molecule has 1 aromatic rings. The topological polar surface area (TPSA) is 55.5 Å². The van der Waals surface area contributed by atoms with Crippen molar-refractivity contribution in [2.45, 2.75) is 19.3 Å². The van der Waals surface area contributed by atoms with Crippen molar-refractivity contribution in [3.8, 4) is 5.75 Å². The normalized spacial score (nSPS) is 11.6. The quantitative estimate of drug-likeness (QED) is 0.696. The van der Waals surface area contributed by atoms with E-state index in [4.69, 9.17) is 5.90 Å². The lowest BCUT2D eigenvalue weighted by atomic mass is 9.85. The lowest BCUT2D eigenvalue weighted by Crippen LogP contribution is -2.26. The van der Waals surface area contributed by atoms with E-state index in [1.807, 2.05) is 26.0 Å². The maximum absolute atomic E-state index is 9.27. The fourth-order valence-corrected chi connectivity index (χ4v) is 1.22. The summed E-state index contributed by atoms with van der Waals surface area (Å²) in [5.41, 5.74) is 0.839. The number of rotatable bonds is 3. The van der Waals surface area contributed by atoms with E-state index in [0.29, 0.717) is 6.61 Å². The van der Waals surface area contributed by atoms with E-state index >= 15 is 0 Å². The molecule has 0 atom stereocenters. The second-order valence-electron chi connectivity index (χ2n) is 3.75. The summed E-state index contributed by atoms with van der Waals surface area (Å²) < 4.78 is 0. The molecule has 0 bridgehead atoms. The van der Waals surface area contributed by atoms with Gasteiger partial charge in [0.1, 0.15) is 5.75 Å². The molecular weight excluding hydrogens is 166 g/mol. The average molecular weight is 181 g/mol. The highest BCUT2D eigenvalue weighted by Crippen LogP contribution is 2.25. The summed E-state index contributed by atoms with van der Waals surface area (Å²) in [5.74, 6) is 5.29. The number of phenols is 1. The van der Waals surface area contributed by atoms with Crippen LogP contribution in [0.2, 0.25) is 0 Å². The van der Waals surface area contributed by atoms with Gasteiger partial charge in [0.25, 0.3) is 0 Å². The maximum atomic E-state index is 9.27. The monoisotopic (exact) mass is 181 g/mol. The zero-order valence-electron chi connectivity index (χ0n) is 7.95. The Morgan fingerprint density at radius 1 is 1.46 bits per heavy atom. The largest absolute Gasteiger partial charge is 0.508 e. The van der Waals surface area contributed by atoms with Crippen molar-refractivity contribution in [2.75, 3.05) is 6.61 Å². The molecule has 72 valence electrons. The van der Waals surface area contributed by atoms with Gasteiger partial charge < -0.3 is 9.94 Å². The number of hydrogen-bond donors (Lipinski definition) is 2. The number of hydrogen-bond acceptors (Lipinski definition) is 3. The van der Waals surface area contributed by atoms with E-state index in [1.54, 1.807) is 12.1 Å². The van der Waals surface area contributed by atoms with Crippen molar-refractivity contribution in [3.05, 3.63) is 29.8 Å². The third-order valence-electron chi connectivity index (χ3n) is 2.07. The standard InChI is InChI=1S/C10H15NO2/c1-10(2,7-13-11)8-4-3-5-9(12)6-8/h3-6,12H,7,11H2,1-2H3. The molecule has 0 unspecified atom stereocenters. The van der Waals surface area contributed by atoms with Crippen LogP contribution in [0, 0.1) is 0 Å². The van der Waals surface area contributed by atoms with Crippen molar-refractivity contribution in [1.29, 1.82) is 0 Å². The Balaban J connectivity index is 2.93. The maximum Gasteiger partial charge on any atom is 0.115 e. The van der Waals surface area contributed by atoms with Crippen molar-refractivity contribution in [1.82, 2.24) is 0 Å². The summed E-state index contributed by atoms with van der Waals surface area (Å²) in [6, 6.07) is 7.11. The summed E-state index contributed by atoms with van der Waals surface area (Å²) in [6.45, 7) is 4.44. The van der Waals surface area contributed by atoms with Gasteiger partial charge in [0, 0.05) is 5.41 Å². The summed E-state index contributed by atoms with van der Waals surface area (Å²) in [6.07, 6.45) is 0. The SMILES string of the molecule is CC(C)(CON)c1cccc(O)c1. The minimum atomic E-state index is -0.173. The molecular formula is C10H15NO2. The molecule has 0 heterocycles. The molecule has 0 aliphatic carbocycles. The zero-order chi connectivity index (χ0) is 9.90. The molecule has 3 nitrogen and oxygen atoms in total. The van der Waals surface area contributed by atoms with Crippen molar-refractivity contribution in [2.24, 2.45) is 5.90 Å². The lowest BCUT2D eigenvalue weighted by molar-refractivity contribution is 0.0963. The summed E-state index contributed by atoms with van der Waals surface area (Å²) in [5, 5.41) is 9.27. The first kappa shape index (κ1) is 10.0. The van der Waals surface area contributed by atoms with E-state index < -0.39 is 0 Å². The Labute approximate surface area is 78.1 Å². The van der Waals surface area contributed by atoms with Gasteiger partial charge in [-0.3, -0.25) is 0 Å². The van der Waals surface area contributed by atoms with E-state index in [1.165, 1.54) is 0 Å². The molecule has 3 N–H and O–H groups in total. The Hall–Kier alpha value is -1.06. The van der Waals surface area contributed by atoms with Crippen molar-refractivity contribution >= 4 is 0 Å². The molecule has 0 saturated carbocycles. The molecule has 3 heteroatoms. The smallest absolute Gasteiger partial charge is 0.115 e. The van der Waals surface area contributed by atoms with Gasteiger partial charge in [0.2, 0.25) is 0 Å². The third-order valence-corrected chi connectivity index (χ3v) is 2.07. The van der Waals surface area contributed by atoms with Crippen LogP contribution < -0.4 is 5.90 Å². The van der Waals surface area contributed by atoms with Gasteiger partial charge in [0.15, 0.2) is 0 Å². The Morgan fingerprint density at radius 3 is 2.69 bits per heavy atom. The molecule has 0 aliphatic rings. The summed E-state index contributed by atoms with van der Waals surface area (Å²) in [4.78, 5) is 4.62. The van der Waals surface area contributed by atoms with Gasteiger partial charge >= 0.3 is 0 Å². The van der Waals surface area contributed by atoms with E-state index in [9.17, 15) is 5.11 Å². The highest BCUT2D eigenvalue weighted by atomic mass is 16.6. The van der Waals surface area contributed by atoms with Gasteiger partial charge in [-0.2, -0.15) is 0 Å². The van der Waals surface area contributed by atoms with Crippen LogP contribution in [0.5, 0.6) is 5.75 Å².